The highest BCUT2D eigenvalue weighted by Gasteiger charge is 2.38. The summed E-state index contributed by atoms with van der Waals surface area (Å²) in [6, 6.07) is 8.28. The van der Waals surface area contributed by atoms with E-state index in [1.807, 2.05) is 18.2 Å². The Morgan fingerprint density at radius 2 is 1.96 bits per heavy atom. The highest BCUT2D eigenvalue weighted by molar-refractivity contribution is 5.82. The van der Waals surface area contributed by atoms with Crippen molar-refractivity contribution in [2.75, 3.05) is 26.2 Å². The number of piperidine rings is 3. The first-order valence-corrected chi connectivity index (χ1v) is 8.58. The molecule has 0 spiro atoms. The molecule has 1 aromatic carbocycles. The maximum Gasteiger partial charge on any atom is 0.408 e. The van der Waals surface area contributed by atoms with E-state index in [9.17, 15) is 9.59 Å². The fraction of sp³-hybridized carbons (Fsp3) is 0.556. The minimum atomic E-state index is -0.847. The average Bonchev–Trinajstić information content (AvgIpc) is 2.61. The second kappa shape index (κ2) is 7.66. The monoisotopic (exact) mass is 332 g/mol. The van der Waals surface area contributed by atoms with Crippen LogP contribution >= 0.6 is 0 Å². The molecule has 4 rings (SSSR count). The zero-order chi connectivity index (χ0) is 16.9. The molecular weight excluding hydrogens is 308 g/mol. The second-order valence-corrected chi connectivity index (χ2v) is 6.32. The summed E-state index contributed by atoms with van der Waals surface area (Å²) in [7, 11) is 0. The van der Waals surface area contributed by atoms with Crippen molar-refractivity contribution in [3.8, 4) is 0 Å². The van der Waals surface area contributed by atoms with Gasteiger partial charge in [0.2, 0.25) is 0 Å². The average molecular weight is 332 g/mol. The molecule has 6 nitrogen and oxygen atoms in total. The number of nitrogens with zero attached hydrogens (tertiary/aromatic N) is 1. The van der Waals surface area contributed by atoms with Crippen molar-refractivity contribution >= 4 is 12.1 Å². The number of hydrogen-bond donors (Lipinski definition) is 1. The van der Waals surface area contributed by atoms with Gasteiger partial charge in [0.15, 0.2) is 6.04 Å². The topological polar surface area (TPSA) is 67.9 Å². The lowest BCUT2D eigenvalue weighted by Crippen LogP contribution is -2.52. The van der Waals surface area contributed by atoms with E-state index in [1.165, 1.54) is 0 Å². The maximum absolute atomic E-state index is 12.7. The molecule has 0 aliphatic carbocycles. The summed E-state index contributed by atoms with van der Waals surface area (Å²) in [4.78, 5) is 26.8. The lowest BCUT2D eigenvalue weighted by molar-refractivity contribution is -0.161. The van der Waals surface area contributed by atoms with E-state index >= 15 is 0 Å². The first kappa shape index (κ1) is 16.8. The molecule has 2 atom stereocenters. The fourth-order valence-corrected chi connectivity index (χ4v) is 3.48. The van der Waals surface area contributed by atoms with Gasteiger partial charge in [-0.2, -0.15) is 0 Å². The Labute approximate surface area is 142 Å². The van der Waals surface area contributed by atoms with E-state index in [0.717, 1.165) is 32.5 Å². The standard InChI is InChI=1S/C18H24N2O4/c1-2-23-18(22)19-16(14-6-4-3-5-7-14)17(21)24-15-12-20-10-8-13(15)9-11-20/h3-7,13,15-16H,2,8-12H2,1H3,(H,19,22). The second-order valence-electron chi connectivity index (χ2n) is 6.32. The molecule has 3 aliphatic rings. The highest BCUT2D eigenvalue weighted by atomic mass is 16.6. The zero-order valence-corrected chi connectivity index (χ0v) is 13.9. The van der Waals surface area contributed by atoms with Crippen LogP contribution < -0.4 is 5.32 Å². The molecule has 1 amide bonds. The van der Waals surface area contributed by atoms with E-state index in [2.05, 4.69) is 10.2 Å². The third-order valence-corrected chi connectivity index (χ3v) is 4.77. The number of fused-ring (bicyclic) bond motifs is 3. The normalized spacial score (nSPS) is 26.5. The molecule has 130 valence electrons. The SMILES string of the molecule is CCOC(=O)NC(C(=O)OC1CN2CCC1CC2)c1ccccc1. The molecule has 24 heavy (non-hydrogen) atoms. The number of ether oxygens (including phenoxy) is 2. The number of benzene rings is 1. The smallest absolute Gasteiger partial charge is 0.408 e. The van der Waals surface area contributed by atoms with Gasteiger partial charge in [0.1, 0.15) is 6.10 Å². The predicted molar refractivity (Wildman–Crippen MR) is 88.4 cm³/mol. The first-order chi connectivity index (χ1) is 11.7. The molecule has 3 fully saturated rings. The van der Waals surface area contributed by atoms with Gasteiger partial charge in [-0.1, -0.05) is 30.3 Å². The Bertz CT molecular complexity index is 570. The van der Waals surface area contributed by atoms with Crippen LogP contribution in [0.4, 0.5) is 4.79 Å². The van der Waals surface area contributed by atoms with Gasteiger partial charge in [-0.25, -0.2) is 9.59 Å². The lowest BCUT2D eigenvalue weighted by Gasteiger charge is -2.44. The zero-order valence-electron chi connectivity index (χ0n) is 13.9. The number of alkyl carbamates (subject to hydrolysis) is 1. The fourth-order valence-electron chi connectivity index (χ4n) is 3.48. The molecule has 0 saturated carbocycles. The molecule has 3 saturated heterocycles. The summed E-state index contributed by atoms with van der Waals surface area (Å²) in [5, 5.41) is 2.62. The van der Waals surface area contributed by atoms with Crippen LogP contribution in [0.3, 0.4) is 0 Å². The Hall–Kier alpha value is -2.08. The van der Waals surface area contributed by atoms with E-state index in [-0.39, 0.29) is 12.7 Å². The highest BCUT2D eigenvalue weighted by Crippen LogP contribution is 2.30. The van der Waals surface area contributed by atoms with Crippen LogP contribution in [0.2, 0.25) is 0 Å². The van der Waals surface area contributed by atoms with E-state index < -0.39 is 18.1 Å². The molecule has 2 unspecified atom stereocenters. The number of carbonyl (C=O) groups excluding carboxylic acids is 2. The Morgan fingerprint density at radius 1 is 1.25 bits per heavy atom. The van der Waals surface area contributed by atoms with Crippen molar-refractivity contribution in [1.82, 2.24) is 10.2 Å². The Morgan fingerprint density at radius 3 is 2.54 bits per heavy atom. The van der Waals surface area contributed by atoms with Gasteiger partial charge >= 0.3 is 12.1 Å². The summed E-state index contributed by atoms with van der Waals surface area (Å²) < 4.78 is 10.7. The quantitative estimate of drug-likeness (QED) is 0.837. The van der Waals surface area contributed by atoms with E-state index in [0.29, 0.717) is 11.5 Å². The van der Waals surface area contributed by atoms with Crippen molar-refractivity contribution in [3.63, 3.8) is 0 Å². The van der Waals surface area contributed by atoms with Crippen molar-refractivity contribution in [3.05, 3.63) is 35.9 Å². The summed E-state index contributed by atoms with van der Waals surface area (Å²) in [5.41, 5.74) is 0.692. The van der Waals surface area contributed by atoms with Crippen LogP contribution in [0.5, 0.6) is 0 Å². The molecule has 1 N–H and O–H groups in total. The predicted octanol–water partition coefficient (Wildman–Crippen LogP) is 2.11. The summed E-state index contributed by atoms with van der Waals surface area (Å²) in [5.74, 6) is 0.00553. The Balaban J connectivity index is 1.70. The minimum Gasteiger partial charge on any atom is -0.459 e. The van der Waals surface area contributed by atoms with Crippen LogP contribution in [0.15, 0.2) is 30.3 Å². The van der Waals surface area contributed by atoms with Crippen molar-refractivity contribution in [2.24, 2.45) is 5.92 Å². The number of rotatable bonds is 5. The summed E-state index contributed by atoms with van der Waals surface area (Å²) in [6.45, 7) is 4.94. The number of amides is 1. The number of carbonyl (C=O) groups is 2. The molecular formula is C18H24N2O4. The van der Waals surface area contributed by atoms with Gasteiger partial charge in [-0.3, -0.25) is 4.90 Å². The van der Waals surface area contributed by atoms with Crippen LogP contribution in [0, 0.1) is 5.92 Å². The molecule has 1 aromatic rings. The van der Waals surface area contributed by atoms with E-state index in [1.54, 1.807) is 19.1 Å². The lowest BCUT2D eigenvalue weighted by atomic mass is 9.86. The molecule has 3 heterocycles. The number of hydrogen-bond acceptors (Lipinski definition) is 5. The summed E-state index contributed by atoms with van der Waals surface area (Å²) in [6.07, 6.45) is 1.44. The molecule has 2 bridgehead atoms. The summed E-state index contributed by atoms with van der Waals surface area (Å²) >= 11 is 0. The molecule has 6 heteroatoms. The molecule has 0 aromatic heterocycles. The van der Waals surface area contributed by atoms with Gasteiger partial charge in [0, 0.05) is 6.54 Å². The third-order valence-electron chi connectivity index (χ3n) is 4.77. The Kier molecular flexibility index (Phi) is 5.35. The maximum atomic E-state index is 12.7. The van der Waals surface area contributed by atoms with Crippen LogP contribution in [0.25, 0.3) is 0 Å². The van der Waals surface area contributed by atoms with Gasteiger partial charge in [0.05, 0.1) is 6.61 Å². The van der Waals surface area contributed by atoms with Gasteiger partial charge < -0.3 is 14.8 Å². The van der Waals surface area contributed by atoms with E-state index in [4.69, 9.17) is 9.47 Å². The van der Waals surface area contributed by atoms with Crippen molar-refractivity contribution < 1.29 is 19.1 Å². The number of nitrogens with one attached hydrogen (secondary N) is 1. The van der Waals surface area contributed by atoms with Gasteiger partial charge in [-0.05, 0) is 44.3 Å². The van der Waals surface area contributed by atoms with Crippen LogP contribution in [-0.2, 0) is 14.3 Å². The number of esters is 1. The van der Waals surface area contributed by atoms with Crippen molar-refractivity contribution in [2.45, 2.75) is 31.9 Å². The van der Waals surface area contributed by atoms with Gasteiger partial charge in [-0.15, -0.1) is 0 Å². The molecule has 3 aliphatic heterocycles. The first-order valence-electron chi connectivity index (χ1n) is 8.58. The largest absolute Gasteiger partial charge is 0.459 e. The minimum absolute atomic E-state index is 0.0878. The van der Waals surface area contributed by atoms with Gasteiger partial charge in [0.25, 0.3) is 0 Å². The van der Waals surface area contributed by atoms with Crippen LogP contribution in [-0.4, -0.2) is 49.3 Å². The van der Waals surface area contributed by atoms with Crippen molar-refractivity contribution in [1.29, 1.82) is 0 Å². The molecule has 0 radical (unpaired) electrons. The van der Waals surface area contributed by atoms with Crippen LogP contribution in [0.1, 0.15) is 31.4 Å². The third kappa shape index (κ3) is 3.87.